The second kappa shape index (κ2) is 7.36. The van der Waals surface area contributed by atoms with Gasteiger partial charge in [-0.15, -0.1) is 11.3 Å². The van der Waals surface area contributed by atoms with E-state index in [1.807, 2.05) is 54.0 Å². The number of para-hydroxylation sites is 2. The topological polar surface area (TPSA) is 74.2 Å². The Morgan fingerprint density at radius 2 is 1.81 bits per heavy atom. The number of fused-ring (bicyclic) bond motifs is 1. The van der Waals surface area contributed by atoms with Crippen molar-refractivity contribution < 1.29 is 10.0 Å². The zero-order valence-corrected chi connectivity index (χ0v) is 15.5. The number of benzene rings is 3. The van der Waals surface area contributed by atoms with Crippen LogP contribution in [0.25, 0.3) is 20.8 Å². The van der Waals surface area contributed by atoms with Gasteiger partial charge in [0.15, 0.2) is 0 Å². The molecule has 1 amide bonds. The van der Waals surface area contributed by atoms with Crippen molar-refractivity contribution in [3.05, 3.63) is 77.3 Å². The monoisotopic (exact) mass is 395 g/mol. The van der Waals surface area contributed by atoms with E-state index in [2.05, 4.69) is 10.3 Å². The number of hydrogen-bond acceptors (Lipinski definition) is 5. The first kappa shape index (κ1) is 17.5. The molecule has 0 atom stereocenters. The molecule has 0 aliphatic heterocycles. The highest BCUT2D eigenvalue weighted by molar-refractivity contribution is 7.21. The lowest BCUT2D eigenvalue weighted by Gasteiger charge is -2.11. The van der Waals surface area contributed by atoms with Crippen LogP contribution in [-0.4, -0.2) is 16.1 Å². The standard InChI is InChI=1S/C20H14ClN3O2S/c21-15-11-12(24-26)9-10-13(15)19(25)22-16-6-2-1-5-14(16)20-23-17-7-3-4-8-18(17)27-20/h1-11,24,26H,(H,22,25). The molecule has 5 nitrogen and oxygen atoms in total. The summed E-state index contributed by atoms with van der Waals surface area (Å²) in [5, 5.41) is 12.9. The van der Waals surface area contributed by atoms with Crippen molar-refractivity contribution in [2.24, 2.45) is 0 Å². The minimum atomic E-state index is -0.335. The van der Waals surface area contributed by atoms with E-state index in [0.717, 1.165) is 20.8 Å². The Bertz CT molecular complexity index is 1110. The van der Waals surface area contributed by atoms with Gasteiger partial charge in [0.2, 0.25) is 0 Å². The van der Waals surface area contributed by atoms with Gasteiger partial charge in [-0.1, -0.05) is 35.9 Å². The van der Waals surface area contributed by atoms with Crippen molar-refractivity contribution in [2.75, 3.05) is 10.8 Å². The number of amides is 1. The molecular weight excluding hydrogens is 382 g/mol. The van der Waals surface area contributed by atoms with E-state index in [1.165, 1.54) is 6.07 Å². The summed E-state index contributed by atoms with van der Waals surface area (Å²) in [6, 6.07) is 20.0. The number of anilines is 2. The van der Waals surface area contributed by atoms with Crippen molar-refractivity contribution in [1.29, 1.82) is 0 Å². The first-order chi connectivity index (χ1) is 13.2. The fourth-order valence-corrected chi connectivity index (χ4v) is 4.00. The van der Waals surface area contributed by atoms with Gasteiger partial charge in [-0.3, -0.25) is 15.5 Å². The molecule has 134 valence electrons. The Balaban J connectivity index is 1.68. The fourth-order valence-electron chi connectivity index (χ4n) is 2.72. The van der Waals surface area contributed by atoms with Gasteiger partial charge in [-0.25, -0.2) is 4.98 Å². The Hall–Kier alpha value is -2.93. The van der Waals surface area contributed by atoms with Gasteiger partial charge in [-0.2, -0.15) is 0 Å². The Kier molecular flexibility index (Phi) is 4.77. The predicted octanol–water partition coefficient (Wildman–Crippen LogP) is 5.67. The zero-order chi connectivity index (χ0) is 18.8. The van der Waals surface area contributed by atoms with Gasteiger partial charge in [0.05, 0.1) is 32.2 Å². The van der Waals surface area contributed by atoms with E-state index in [1.54, 1.807) is 23.5 Å². The number of thiazole rings is 1. The molecule has 0 radical (unpaired) electrons. The van der Waals surface area contributed by atoms with Crippen LogP contribution in [-0.2, 0) is 0 Å². The first-order valence-electron chi connectivity index (χ1n) is 8.11. The van der Waals surface area contributed by atoms with Crippen LogP contribution in [0.15, 0.2) is 66.7 Å². The minimum Gasteiger partial charge on any atom is -0.321 e. The van der Waals surface area contributed by atoms with Crippen LogP contribution >= 0.6 is 22.9 Å². The van der Waals surface area contributed by atoms with Crippen LogP contribution in [0.3, 0.4) is 0 Å². The van der Waals surface area contributed by atoms with Crippen molar-refractivity contribution in [3.8, 4) is 10.6 Å². The van der Waals surface area contributed by atoms with Crippen LogP contribution < -0.4 is 10.8 Å². The molecule has 0 spiro atoms. The lowest BCUT2D eigenvalue weighted by atomic mass is 10.1. The maximum Gasteiger partial charge on any atom is 0.257 e. The van der Waals surface area contributed by atoms with Crippen molar-refractivity contribution >= 4 is 50.4 Å². The molecule has 0 aliphatic carbocycles. The summed E-state index contributed by atoms with van der Waals surface area (Å²) in [7, 11) is 0. The zero-order valence-electron chi connectivity index (χ0n) is 13.9. The molecule has 1 aromatic heterocycles. The molecular formula is C20H14ClN3O2S. The number of carbonyl (C=O) groups is 1. The van der Waals surface area contributed by atoms with E-state index >= 15 is 0 Å². The maximum absolute atomic E-state index is 12.7. The maximum atomic E-state index is 12.7. The van der Waals surface area contributed by atoms with Gasteiger partial charge in [0, 0.05) is 5.56 Å². The van der Waals surface area contributed by atoms with Crippen molar-refractivity contribution in [1.82, 2.24) is 4.98 Å². The molecule has 0 aliphatic rings. The summed E-state index contributed by atoms with van der Waals surface area (Å²) >= 11 is 7.73. The average Bonchev–Trinajstić information content (AvgIpc) is 3.12. The summed E-state index contributed by atoms with van der Waals surface area (Å²) in [6.45, 7) is 0. The molecule has 0 fully saturated rings. The fraction of sp³-hybridized carbons (Fsp3) is 0. The molecule has 0 saturated carbocycles. The summed E-state index contributed by atoms with van der Waals surface area (Å²) < 4.78 is 1.09. The lowest BCUT2D eigenvalue weighted by Crippen LogP contribution is -2.13. The summed E-state index contributed by atoms with van der Waals surface area (Å²) in [6.07, 6.45) is 0. The number of aromatic nitrogens is 1. The van der Waals surface area contributed by atoms with Crippen LogP contribution in [0.5, 0.6) is 0 Å². The third-order valence-corrected chi connectivity index (χ3v) is 5.42. The van der Waals surface area contributed by atoms with Crippen molar-refractivity contribution in [3.63, 3.8) is 0 Å². The smallest absolute Gasteiger partial charge is 0.257 e. The van der Waals surface area contributed by atoms with Gasteiger partial charge < -0.3 is 5.32 Å². The number of halogens is 1. The molecule has 3 N–H and O–H groups in total. The largest absolute Gasteiger partial charge is 0.321 e. The van der Waals surface area contributed by atoms with Crippen LogP contribution in [0, 0.1) is 0 Å². The van der Waals surface area contributed by atoms with Crippen LogP contribution in [0.2, 0.25) is 5.02 Å². The number of hydrogen-bond donors (Lipinski definition) is 3. The third kappa shape index (κ3) is 3.50. The molecule has 7 heteroatoms. The number of carbonyl (C=O) groups excluding carboxylic acids is 1. The van der Waals surface area contributed by atoms with E-state index in [-0.39, 0.29) is 10.9 Å². The first-order valence-corrected chi connectivity index (χ1v) is 9.31. The third-order valence-electron chi connectivity index (χ3n) is 4.04. The van der Waals surface area contributed by atoms with E-state index in [0.29, 0.717) is 16.9 Å². The summed E-state index contributed by atoms with van der Waals surface area (Å²) in [5.41, 5.74) is 5.15. The quantitative estimate of drug-likeness (QED) is 0.389. The SMILES string of the molecule is O=C(Nc1ccccc1-c1nc2ccccc2s1)c1ccc(NO)cc1Cl. The van der Waals surface area contributed by atoms with E-state index in [4.69, 9.17) is 16.8 Å². The average molecular weight is 396 g/mol. The highest BCUT2D eigenvalue weighted by Gasteiger charge is 2.15. The molecule has 3 aromatic carbocycles. The number of nitrogens with zero attached hydrogens (tertiary/aromatic N) is 1. The van der Waals surface area contributed by atoms with Crippen LogP contribution in [0.1, 0.15) is 10.4 Å². The molecule has 0 saturated heterocycles. The van der Waals surface area contributed by atoms with Crippen molar-refractivity contribution in [2.45, 2.75) is 0 Å². The van der Waals surface area contributed by atoms with Gasteiger partial charge in [-0.05, 0) is 42.5 Å². The Labute approximate surface area is 164 Å². The highest BCUT2D eigenvalue weighted by atomic mass is 35.5. The summed E-state index contributed by atoms with van der Waals surface area (Å²) in [4.78, 5) is 17.4. The minimum absolute atomic E-state index is 0.240. The second-order valence-corrected chi connectivity index (χ2v) is 7.23. The van der Waals surface area contributed by atoms with E-state index < -0.39 is 0 Å². The molecule has 27 heavy (non-hydrogen) atoms. The van der Waals surface area contributed by atoms with Gasteiger partial charge in [0.25, 0.3) is 5.91 Å². The normalized spacial score (nSPS) is 10.7. The second-order valence-electron chi connectivity index (χ2n) is 5.79. The predicted molar refractivity (Wildman–Crippen MR) is 110 cm³/mol. The summed E-state index contributed by atoms with van der Waals surface area (Å²) in [5.74, 6) is -0.335. The molecule has 4 rings (SSSR count). The highest BCUT2D eigenvalue weighted by Crippen LogP contribution is 2.34. The molecule has 0 bridgehead atoms. The van der Waals surface area contributed by atoms with Crippen LogP contribution in [0.4, 0.5) is 11.4 Å². The molecule has 4 aromatic rings. The number of rotatable bonds is 4. The van der Waals surface area contributed by atoms with Gasteiger partial charge in [0.1, 0.15) is 5.01 Å². The van der Waals surface area contributed by atoms with Gasteiger partial charge >= 0.3 is 0 Å². The lowest BCUT2D eigenvalue weighted by molar-refractivity contribution is 0.102. The Morgan fingerprint density at radius 1 is 1.04 bits per heavy atom. The number of nitrogens with one attached hydrogen (secondary N) is 2. The van der Waals surface area contributed by atoms with E-state index in [9.17, 15) is 4.79 Å². The molecule has 1 heterocycles. The molecule has 0 unspecified atom stereocenters. The Morgan fingerprint density at radius 3 is 2.59 bits per heavy atom.